The highest BCUT2D eigenvalue weighted by atomic mass is 19.1. The van der Waals surface area contributed by atoms with Gasteiger partial charge in [0, 0.05) is 32.2 Å². The molecule has 3 rings (SSSR count). The van der Waals surface area contributed by atoms with E-state index in [0.717, 1.165) is 28.9 Å². The summed E-state index contributed by atoms with van der Waals surface area (Å²) in [7, 11) is 0. The number of benzene rings is 2. The third-order valence-electron chi connectivity index (χ3n) is 4.42. The average Bonchev–Trinajstić information content (AvgIpc) is 2.54. The lowest BCUT2D eigenvalue weighted by atomic mass is 9.97. The van der Waals surface area contributed by atoms with Crippen molar-refractivity contribution in [1.29, 1.82) is 0 Å². The molecule has 1 unspecified atom stereocenters. The van der Waals surface area contributed by atoms with Crippen molar-refractivity contribution in [3.05, 3.63) is 64.7 Å². The van der Waals surface area contributed by atoms with Gasteiger partial charge in [-0.05, 0) is 35.7 Å². The van der Waals surface area contributed by atoms with Crippen LogP contribution in [0.15, 0.2) is 36.4 Å². The van der Waals surface area contributed by atoms with Gasteiger partial charge in [0.1, 0.15) is 11.6 Å². The van der Waals surface area contributed by atoms with Crippen LogP contribution < -0.4 is 5.32 Å². The molecule has 6 heteroatoms. The molecule has 0 saturated heterocycles. The first kappa shape index (κ1) is 17.5. The first-order chi connectivity index (χ1) is 12.0. The van der Waals surface area contributed by atoms with Gasteiger partial charge in [-0.1, -0.05) is 18.2 Å². The Morgan fingerprint density at radius 3 is 2.60 bits per heavy atom. The number of halogens is 2. The van der Waals surface area contributed by atoms with Crippen molar-refractivity contribution in [3.63, 3.8) is 0 Å². The van der Waals surface area contributed by atoms with E-state index in [1.54, 1.807) is 0 Å². The molecule has 2 aromatic rings. The van der Waals surface area contributed by atoms with Crippen molar-refractivity contribution >= 4 is 11.6 Å². The van der Waals surface area contributed by atoms with Crippen molar-refractivity contribution < 1.29 is 18.7 Å². The number of carbonyl (C=O) groups is 1. The van der Waals surface area contributed by atoms with E-state index in [0.29, 0.717) is 19.5 Å². The number of carbonyl (C=O) groups excluding carboxylic acids is 1. The predicted octanol–water partition coefficient (Wildman–Crippen LogP) is 3.01. The molecular formula is C19H20F2N2O2. The first-order valence-corrected chi connectivity index (χ1v) is 8.18. The van der Waals surface area contributed by atoms with Crippen LogP contribution in [-0.2, 0) is 17.8 Å². The molecular weight excluding hydrogens is 326 g/mol. The van der Waals surface area contributed by atoms with Crippen LogP contribution in [0, 0.1) is 11.6 Å². The van der Waals surface area contributed by atoms with Crippen LogP contribution in [0.25, 0.3) is 0 Å². The Morgan fingerprint density at radius 2 is 1.92 bits per heavy atom. The largest absolute Gasteiger partial charge is 0.387 e. The minimum Gasteiger partial charge on any atom is -0.387 e. The summed E-state index contributed by atoms with van der Waals surface area (Å²) in [6.45, 7) is 2.79. The van der Waals surface area contributed by atoms with Crippen LogP contribution in [0.3, 0.4) is 0 Å². The maximum atomic E-state index is 13.8. The minimum absolute atomic E-state index is 0.124. The highest BCUT2D eigenvalue weighted by Gasteiger charge is 2.24. The number of amides is 1. The monoisotopic (exact) mass is 346 g/mol. The molecule has 0 aliphatic carbocycles. The standard InChI is InChI=1S/C19H20F2N2O2/c1-12(24)22-17-7-2-4-13-10-23(9-8-14(13)17)11-18(25)19-15(20)5-3-6-16(19)21/h2-7,18,25H,8-11H2,1H3,(H,22,24). The van der Waals surface area contributed by atoms with E-state index in [2.05, 4.69) is 5.32 Å². The summed E-state index contributed by atoms with van der Waals surface area (Å²) in [6, 6.07) is 9.25. The first-order valence-electron chi connectivity index (χ1n) is 8.18. The Morgan fingerprint density at radius 1 is 1.24 bits per heavy atom. The molecule has 1 atom stereocenters. The van der Waals surface area contributed by atoms with Crippen molar-refractivity contribution in [2.45, 2.75) is 26.0 Å². The highest BCUT2D eigenvalue weighted by Crippen LogP contribution is 2.28. The molecule has 1 heterocycles. The van der Waals surface area contributed by atoms with Gasteiger partial charge in [0.25, 0.3) is 0 Å². The zero-order chi connectivity index (χ0) is 18.0. The molecule has 1 aliphatic heterocycles. The summed E-state index contributed by atoms with van der Waals surface area (Å²) in [5.74, 6) is -1.60. The van der Waals surface area contributed by atoms with Gasteiger partial charge in [-0.2, -0.15) is 0 Å². The molecule has 0 radical (unpaired) electrons. The van der Waals surface area contributed by atoms with Crippen LogP contribution in [0.1, 0.15) is 29.7 Å². The van der Waals surface area contributed by atoms with Crippen LogP contribution in [0.2, 0.25) is 0 Å². The van der Waals surface area contributed by atoms with Gasteiger partial charge in [0.2, 0.25) is 5.91 Å². The summed E-state index contributed by atoms with van der Waals surface area (Å²) >= 11 is 0. The highest BCUT2D eigenvalue weighted by molar-refractivity contribution is 5.89. The second kappa shape index (κ2) is 7.29. The fourth-order valence-corrected chi connectivity index (χ4v) is 3.30. The number of aliphatic hydroxyl groups is 1. The number of fused-ring (bicyclic) bond motifs is 1. The molecule has 0 aromatic heterocycles. The van der Waals surface area contributed by atoms with Crippen molar-refractivity contribution in [2.75, 3.05) is 18.4 Å². The smallest absolute Gasteiger partial charge is 0.221 e. The normalized spacial score (nSPS) is 15.5. The Hall–Kier alpha value is -2.31. The number of nitrogens with zero attached hydrogens (tertiary/aromatic N) is 1. The molecule has 0 spiro atoms. The average molecular weight is 346 g/mol. The van der Waals surface area contributed by atoms with Crippen molar-refractivity contribution in [2.24, 2.45) is 0 Å². The number of hydrogen-bond acceptors (Lipinski definition) is 3. The van der Waals surface area contributed by atoms with Crippen LogP contribution in [0.4, 0.5) is 14.5 Å². The maximum absolute atomic E-state index is 13.8. The molecule has 2 N–H and O–H groups in total. The van der Waals surface area contributed by atoms with Crippen LogP contribution >= 0.6 is 0 Å². The van der Waals surface area contributed by atoms with Gasteiger partial charge in [-0.15, -0.1) is 0 Å². The number of aliphatic hydroxyl groups excluding tert-OH is 1. The molecule has 0 bridgehead atoms. The molecule has 0 fully saturated rings. The van der Waals surface area contributed by atoms with E-state index in [1.807, 2.05) is 23.1 Å². The Bertz CT molecular complexity index is 775. The zero-order valence-corrected chi connectivity index (χ0v) is 13.9. The number of hydrogen-bond donors (Lipinski definition) is 2. The van der Waals surface area contributed by atoms with E-state index < -0.39 is 17.7 Å². The van der Waals surface area contributed by atoms with Crippen molar-refractivity contribution in [1.82, 2.24) is 4.90 Å². The van der Waals surface area contributed by atoms with Gasteiger partial charge in [0.15, 0.2) is 0 Å². The minimum atomic E-state index is -1.23. The topological polar surface area (TPSA) is 52.6 Å². The molecule has 2 aromatic carbocycles. The van der Waals surface area contributed by atoms with Gasteiger partial charge < -0.3 is 10.4 Å². The Balaban J connectivity index is 1.74. The lowest BCUT2D eigenvalue weighted by Gasteiger charge is -2.31. The fraction of sp³-hybridized carbons (Fsp3) is 0.316. The second-order valence-electron chi connectivity index (χ2n) is 6.26. The lowest BCUT2D eigenvalue weighted by molar-refractivity contribution is -0.114. The van der Waals surface area contributed by atoms with Gasteiger partial charge in [-0.3, -0.25) is 9.69 Å². The summed E-state index contributed by atoms with van der Waals surface area (Å²) < 4.78 is 27.6. The van der Waals surface area contributed by atoms with Gasteiger partial charge >= 0.3 is 0 Å². The molecule has 4 nitrogen and oxygen atoms in total. The summed E-state index contributed by atoms with van der Waals surface area (Å²) in [6.07, 6.45) is -0.542. The summed E-state index contributed by atoms with van der Waals surface area (Å²) in [5.41, 5.74) is 2.62. The molecule has 1 amide bonds. The zero-order valence-electron chi connectivity index (χ0n) is 13.9. The quantitative estimate of drug-likeness (QED) is 0.895. The van der Waals surface area contributed by atoms with Gasteiger partial charge in [-0.25, -0.2) is 8.78 Å². The molecule has 0 saturated carbocycles. The molecule has 25 heavy (non-hydrogen) atoms. The number of β-amino-alcohol motifs (C(OH)–C–C–N with tert-alkyl or cyclic N) is 1. The van der Waals surface area contributed by atoms with E-state index >= 15 is 0 Å². The fourth-order valence-electron chi connectivity index (χ4n) is 3.30. The number of rotatable bonds is 4. The van der Waals surface area contributed by atoms with Crippen LogP contribution in [-0.4, -0.2) is 29.0 Å². The number of anilines is 1. The van der Waals surface area contributed by atoms with Crippen LogP contribution in [0.5, 0.6) is 0 Å². The lowest BCUT2D eigenvalue weighted by Crippen LogP contribution is -2.34. The number of nitrogens with one attached hydrogen (secondary N) is 1. The van der Waals surface area contributed by atoms with Crippen molar-refractivity contribution in [3.8, 4) is 0 Å². The summed E-state index contributed by atoms with van der Waals surface area (Å²) in [4.78, 5) is 13.3. The van der Waals surface area contributed by atoms with E-state index in [1.165, 1.54) is 13.0 Å². The Kier molecular flexibility index (Phi) is 5.11. The van der Waals surface area contributed by atoms with E-state index in [-0.39, 0.29) is 18.0 Å². The Labute approximate surface area is 145 Å². The predicted molar refractivity (Wildman–Crippen MR) is 91.0 cm³/mol. The maximum Gasteiger partial charge on any atom is 0.221 e. The second-order valence-corrected chi connectivity index (χ2v) is 6.26. The van der Waals surface area contributed by atoms with Gasteiger partial charge in [0.05, 0.1) is 11.7 Å². The summed E-state index contributed by atoms with van der Waals surface area (Å²) in [5, 5.41) is 13.1. The SMILES string of the molecule is CC(=O)Nc1cccc2c1CCN(CC(O)c1c(F)cccc1F)C2. The third kappa shape index (κ3) is 3.86. The molecule has 132 valence electrons. The molecule has 1 aliphatic rings. The third-order valence-corrected chi connectivity index (χ3v) is 4.42. The van der Waals surface area contributed by atoms with E-state index in [9.17, 15) is 18.7 Å². The van der Waals surface area contributed by atoms with E-state index in [4.69, 9.17) is 0 Å².